The standard InChI is InChI=1S/C11H20ClNO/c12-6-3-8-13-7-1-5-11-10(13)4-2-9-14-11/h10-11H,1-9H2/t10-,11-/m0/s1. The fourth-order valence-corrected chi connectivity index (χ4v) is 2.84. The predicted molar refractivity (Wildman–Crippen MR) is 58.9 cm³/mol. The van der Waals surface area contributed by atoms with E-state index in [1.54, 1.807) is 0 Å². The van der Waals surface area contributed by atoms with Crippen LogP contribution in [0.5, 0.6) is 0 Å². The Morgan fingerprint density at radius 2 is 2.21 bits per heavy atom. The highest BCUT2D eigenvalue weighted by Crippen LogP contribution is 2.27. The van der Waals surface area contributed by atoms with Crippen LogP contribution in [0.2, 0.25) is 0 Å². The van der Waals surface area contributed by atoms with Crippen LogP contribution >= 0.6 is 11.6 Å². The van der Waals surface area contributed by atoms with Gasteiger partial charge in [-0.2, -0.15) is 0 Å². The molecule has 0 radical (unpaired) electrons. The van der Waals surface area contributed by atoms with E-state index >= 15 is 0 Å². The predicted octanol–water partition coefficient (Wildman–Crippen LogP) is 2.26. The van der Waals surface area contributed by atoms with Crippen molar-refractivity contribution < 1.29 is 4.74 Å². The Morgan fingerprint density at radius 3 is 3.07 bits per heavy atom. The number of alkyl halides is 1. The van der Waals surface area contributed by atoms with E-state index in [1.807, 2.05) is 0 Å². The van der Waals surface area contributed by atoms with Crippen molar-refractivity contribution in [3.63, 3.8) is 0 Å². The zero-order valence-corrected chi connectivity index (χ0v) is 9.51. The molecular weight excluding hydrogens is 198 g/mol. The van der Waals surface area contributed by atoms with Gasteiger partial charge in [-0.3, -0.25) is 4.90 Å². The van der Waals surface area contributed by atoms with Crippen LogP contribution < -0.4 is 0 Å². The maximum Gasteiger partial charge on any atom is 0.0730 e. The number of fused-ring (bicyclic) bond motifs is 1. The molecule has 0 spiro atoms. The second-order valence-corrected chi connectivity index (χ2v) is 4.72. The number of nitrogens with zero attached hydrogens (tertiary/aromatic N) is 1. The van der Waals surface area contributed by atoms with Crippen LogP contribution in [0.25, 0.3) is 0 Å². The first-order valence-corrected chi connectivity index (χ1v) is 6.37. The molecule has 0 unspecified atom stereocenters. The summed E-state index contributed by atoms with van der Waals surface area (Å²) in [4.78, 5) is 2.59. The average molecular weight is 218 g/mol. The maximum atomic E-state index is 5.82. The molecule has 2 saturated heterocycles. The second kappa shape index (κ2) is 5.34. The van der Waals surface area contributed by atoms with Crippen LogP contribution in [0.1, 0.15) is 32.1 Å². The number of ether oxygens (including phenoxy) is 1. The van der Waals surface area contributed by atoms with Crippen molar-refractivity contribution in [2.75, 3.05) is 25.6 Å². The van der Waals surface area contributed by atoms with Crippen LogP contribution in [-0.2, 0) is 4.74 Å². The average Bonchev–Trinajstić information content (AvgIpc) is 2.26. The molecule has 2 atom stereocenters. The van der Waals surface area contributed by atoms with Crippen molar-refractivity contribution in [2.24, 2.45) is 0 Å². The lowest BCUT2D eigenvalue weighted by Crippen LogP contribution is -2.51. The number of hydrogen-bond donors (Lipinski definition) is 0. The lowest BCUT2D eigenvalue weighted by molar-refractivity contribution is -0.0749. The smallest absolute Gasteiger partial charge is 0.0730 e. The van der Waals surface area contributed by atoms with E-state index in [2.05, 4.69) is 4.90 Å². The van der Waals surface area contributed by atoms with E-state index in [0.29, 0.717) is 12.1 Å². The number of rotatable bonds is 3. The normalized spacial score (nSPS) is 34.1. The number of likely N-dealkylation sites (tertiary alicyclic amines) is 1. The molecule has 2 nitrogen and oxygen atoms in total. The molecule has 2 aliphatic heterocycles. The molecule has 2 rings (SSSR count). The van der Waals surface area contributed by atoms with Gasteiger partial charge in [0.15, 0.2) is 0 Å². The van der Waals surface area contributed by atoms with Crippen LogP contribution in [0.15, 0.2) is 0 Å². The first-order chi connectivity index (χ1) is 6.92. The van der Waals surface area contributed by atoms with Gasteiger partial charge in [-0.1, -0.05) is 0 Å². The molecule has 0 aromatic carbocycles. The van der Waals surface area contributed by atoms with Gasteiger partial charge in [-0.05, 0) is 45.2 Å². The Bertz CT molecular complexity index is 175. The largest absolute Gasteiger partial charge is 0.377 e. The topological polar surface area (TPSA) is 12.5 Å². The molecule has 3 heteroatoms. The Labute approximate surface area is 91.6 Å². The summed E-state index contributed by atoms with van der Waals surface area (Å²) in [6, 6.07) is 0.695. The minimum Gasteiger partial charge on any atom is -0.377 e. The Balaban J connectivity index is 1.88. The summed E-state index contributed by atoms with van der Waals surface area (Å²) in [5.41, 5.74) is 0. The monoisotopic (exact) mass is 217 g/mol. The summed E-state index contributed by atoms with van der Waals surface area (Å²) in [6.45, 7) is 3.39. The van der Waals surface area contributed by atoms with Gasteiger partial charge in [0, 0.05) is 18.5 Å². The lowest BCUT2D eigenvalue weighted by atomic mass is 9.93. The molecule has 0 bridgehead atoms. The summed E-state index contributed by atoms with van der Waals surface area (Å²) in [7, 11) is 0. The van der Waals surface area contributed by atoms with Gasteiger partial charge in [0.2, 0.25) is 0 Å². The van der Waals surface area contributed by atoms with Crippen molar-refractivity contribution in [3.8, 4) is 0 Å². The Hall–Kier alpha value is 0.210. The van der Waals surface area contributed by atoms with Crippen LogP contribution in [0.4, 0.5) is 0 Å². The second-order valence-electron chi connectivity index (χ2n) is 4.34. The zero-order valence-electron chi connectivity index (χ0n) is 8.75. The molecular formula is C11H20ClNO. The zero-order chi connectivity index (χ0) is 9.80. The molecule has 0 amide bonds. The fraction of sp³-hybridized carbons (Fsp3) is 1.00. The molecule has 0 N–H and O–H groups in total. The molecule has 2 heterocycles. The van der Waals surface area contributed by atoms with E-state index in [1.165, 1.54) is 32.2 Å². The molecule has 0 aliphatic carbocycles. The van der Waals surface area contributed by atoms with Crippen LogP contribution in [-0.4, -0.2) is 42.6 Å². The third-order valence-electron chi connectivity index (χ3n) is 3.39. The molecule has 0 saturated carbocycles. The quantitative estimate of drug-likeness (QED) is 0.673. The third kappa shape index (κ3) is 2.41. The van der Waals surface area contributed by atoms with Crippen molar-refractivity contribution in [3.05, 3.63) is 0 Å². The van der Waals surface area contributed by atoms with Crippen LogP contribution in [0.3, 0.4) is 0 Å². The minimum absolute atomic E-state index is 0.521. The summed E-state index contributed by atoms with van der Waals surface area (Å²) >= 11 is 5.74. The summed E-state index contributed by atoms with van der Waals surface area (Å²) < 4.78 is 5.82. The number of halogens is 1. The molecule has 82 valence electrons. The molecule has 0 aromatic heterocycles. The number of hydrogen-bond acceptors (Lipinski definition) is 2. The first-order valence-electron chi connectivity index (χ1n) is 5.83. The highest BCUT2D eigenvalue weighted by atomic mass is 35.5. The van der Waals surface area contributed by atoms with E-state index in [0.717, 1.165) is 25.5 Å². The molecule has 14 heavy (non-hydrogen) atoms. The maximum absolute atomic E-state index is 5.82. The molecule has 2 fully saturated rings. The van der Waals surface area contributed by atoms with Crippen molar-refractivity contribution in [1.82, 2.24) is 4.90 Å². The summed E-state index contributed by atoms with van der Waals surface area (Å²) in [5.74, 6) is 0.786. The van der Waals surface area contributed by atoms with Gasteiger partial charge < -0.3 is 4.74 Å². The van der Waals surface area contributed by atoms with E-state index < -0.39 is 0 Å². The van der Waals surface area contributed by atoms with Crippen molar-refractivity contribution in [2.45, 2.75) is 44.2 Å². The molecule has 0 aromatic rings. The van der Waals surface area contributed by atoms with Crippen LogP contribution in [0, 0.1) is 0 Å². The number of piperidine rings is 1. The first kappa shape index (κ1) is 10.7. The Kier molecular flexibility index (Phi) is 4.09. The highest BCUT2D eigenvalue weighted by molar-refractivity contribution is 6.17. The van der Waals surface area contributed by atoms with E-state index in [9.17, 15) is 0 Å². The molecule has 2 aliphatic rings. The lowest BCUT2D eigenvalue weighted by Gasteiger charge is -2.43. The van der Waals surface area contributed by atoms with Crippen molar-refractivity contribution in [1.29, 1.82) is 0 Å². The van der Waals surface area contributed by atoms with Gasteiger partial charge in [-0.25, -0.2) is 0 Å². The SMILES string of the molecule is ClCCCN1CCC[C@@H]2OCCC[C@@H]21. The van der Waals surface area contributed by atoms with Gasteiger partial charge in [-0.15, -0.1) is 11.6 Å². The minimum atomic E-state index is 0.521. The Morgan fingerprint density at radius 1 is 1.29 bits per heavy atom. The van der Waals surface area contributed by atoms with Gasteiger partial charge >= 0.3 is 0 Å². The summed E-state index contributed by atoms with van der Waals surface area (Å²) in [5, 5.41) is 0. The van der Waals surface area contributed by atoms with Gasteiger partial charge in [0.25, 0.3) is 0 Å². The van der Waals surface area contributed by atoms with Gasteiger partial charge in [0.1, 0.15) is 0 Å². The highest BCUT2D eigenvalue weighted by Gasteiger charge is 2.33. The fourth-order valence-electron chi connectivity index (χ4n) is 2.72. The summed E-state index contributed by atoms with van der Waals surface area (Å²) in [6.07, 6.45) is 6.76. The van der Waals surface area contributed by atoms with E-state index in [4.69, 9.17) is 16.3 Å². The van der Waals surface area contributed by atoms with Crippen molar-refractivity contribution >= 4 is 11.6 Å². The van der Waals surface area contributed by atoms with Gasteiger partial charge in [0.05, 0.1) is 6.10 Å². The van der Waals surface area contributed by atoms with E-state index in [-0.39, 0.29) is 0 Å². The third-order valence-corrected chi connectivity index (χ3v) is 3.65.